The maximum absolute atomic E-state index is 12.5. The first-order valence-electron chi connectivity index (χ1n) is 10.9. The van der Waals surface area contributed by atoms with Gasteiger partial charge in [0.05, 0.1) is 5.56 Å². The van der Waals surface area contributed by atoms with Crippen molar-refractivity contribution >= 4 is 5.91 Å². The fourth-order valence-corrected chi connectivity index (χ4v) is 3.71. The summed E-state index contributed by atoms with van der Waals surface area (Å²) in [7, 11) is 2.14. The quantitative estimate of drug-likeness (QED) is 0.557. The minimum absolute atomic E-state index is 0.168. The predicted molar refractivity (Wildman–Crippen MR) is 121 cm³/mol. The Balaban J connectivity index is 1.24. The highest BCUT2D eigenvalue weighted by Crippen LogP contribution is 2.15. The summed E-state index contributed by atoms with van der Waals surface area (Å²) in [5.41, 5.74) is 1.49. The first-order chi connectivity index (χ1) is 15.7. The van der Waals surface area contributed by atoms with Gasteiger partial charge in [-0.25, -0.2) is 9.97 Å². The number of amides is 1. The number of carbonyl (C=O) groups is 1. The van der Waals surface area contributed by atoms with Gasteiger partial charge in [-0.3, -0.25) is 14.3 Å². The Morgan fingerprint density at radius 3 is 2.91 bits per heavy atom. The first kappa shape index (κ1) is 22.0. The number of imidazole rings is 1. The molecule has 3 aromatic rings. The van der Waals surface area contributed by atoms with E-state index in [-0.39, 0.29) is 5.91 Å². The maximum atomic E-state index is 12.5. The van der Waals surface area contributed by atoms with Gasteiger partial charge in [-0.15, -0.1) is 0 Å². The zero-order valence-corrected chi connectivity index (χ0v) is 18.3. The van der Waals surface area contributed by atoms with Crippen molar-refractivity contribution in [3.8, 4) is 11.6 Å². The minimum Gasteiger partial charge on any atom is -0.492 e. The Bertz CT molecular complexity index is 985. The molecular formula is C24H29N5O3. The highest BCUT2D eigenvalue weighted by atomic mass is 16.5. The van der Waals surface area contributed by atoms with Crippen molar-refractivity contribution < 1.29 is 14.3 Å². The Labute approximate surface area is 188 Å². The van der Waals surface area contributed by atoms with Gasteiger partial charge in [0.25, 0.3) is 5.91 Å². The largest absolute Gasteiger partial charge is 0.492 e. The number of aromatic nitrogens is 3. The predicted octanol–water partition coefficient (Wildman–Crippen LogP) is 2.69. The molecule has 1 saturated heterocycles. The van der Waals surface area contributed by atoms with E-state index in [2.05, 4.69) is 27.2 Å². The van der Waals surface area contributed by atoms with Gasteiger partial charge in [-0.05, 0) is 49.7 Å². The highest BCUT2D eigenvalue weighted by Gasteiger charge is 2.18. The monoisotopic (exact) mass is 435 g/mol. The molecule has 168 valence electrons. The summed E-state index contributed by atoms with van der Waals surface area (Å²) in [6.07, 6.45) is 8.88. The number of rotatable bonds is 9. The Kier molecular flexibility index (Phi) is 7.47. The molecule has 0 spiro atoms. The van der Waals surface area contributed by atoms with Crippen molar-refractivity contribution in [2.24, 2.45) is 0 Å². The van der Waals surface area contributed by atoms with Crippen LogP contribution in [-0.4, -0.2) is 64.8 Å². The first-order valence-corrected chi connectivity index (χ1v) is 10.9. The molecule has 3 heterocycles. The van der Waals surface area contributed by atoms with Crippen LogP contribution in [-0.2, 0) is 11.3 Å². The van der Waals surface area contributed by atoms with E-state index in [0.29, 0.717) is 30.6 Å². The van der Waals surface area contributed by atoms with Gasteiger partial charge in [0.15, 0.2) is 0 Å². The Morgan fingerprint density at radius 2 is 2.16 bits per heavy atom. The SMILES string of the molecule is CN(CCOc1cccc(CNC(=O)c2ccc(-n3ccnc3)nc2)c1)C1CCOCC1. The number of nitrogens with one attached hydrogen (secondary N) is 1. The molecule has 1 aromatic carbocycles. The van der Waals surface area contributed by atoms with Crippen molar-refractivity contribution in [2.75, 3.05) is 33.4 Å². The summed E-state index contributed by atoms with van der Waals surface area (Å²) < 4.78 is 13.2. The minimum atomic E-state index is -0.168. The zero-order chi connectivity index (χ0) is 22.2. The third kappa shape index (κ3) is 5.93. The van der Waals surface area contributed by atoms with Crippen LogP contribution in [0, 0.1) is 0 Å². The van der Waals surface area contributed by atoms with Gasteiger partial charge in [0.1, 0.15) is 24.5 Å². The summed E-state index contributed by atoms with van der Waals surface area (Å²) in [5.74, 6) is 1.36. The van der Waals surface area contributed by atoms with E-state index in [1.807, 2.05) is 24.3 Å². The molecular weight excluding hydrogens is 406 g/mol. The van der Waals surface area contributed by atoms with Crippen molar-refractivity contribution in [1.29, 1.82) is 0 Å². The summed E-state index contributed by atoms with van der Waals surface area (Å²) >= 11 is 0. The average Bonchev–Trinajstić information content (AvgIpc) is 3.38. The molecule has 0 saturated carbocycles. The molecule has 8 heteroatoms. The second kappa shape index (κ2) is 10.9. The second-order valence-electron chi connectivity index (χ2n) is 7.88. The molecule has 4 rings (SSSR count). The van der Waals surface area contributed by atoms with Crippen LogP contribution in [0.2, 0.25) is 0 Å². The molecule has 1 fully saturated rings. The van der Waals surface area contributed by atoms with Crippen LogP contribution < -0.4 is 10.1 Å². The lowest BCUT2D eigenvalue weighted by Gasteiger charge is -2.31. The molecule has 8 nitrogen and oxygen atoms in total. The van der Waals surface area contributed by atoms with Gasteiger partial charge in [0.2, 0.25) is 0 Å². The van der Waals surface area contributed by atoms with E-state index in [1.165, 1.54) is 0 Å². The third-order valence-electron chi connectivity index (χ3n) is 5.66. The molecule has 1 amide bonds. The van der Waals surface area contributed by atoms with Crippen LogP contribution in [0.3, 0.4) is 0 Å². The number of nitrogens with zero attached hydrogens (tertiary/aromatic N) is 4. The summed E-state index contributed by atoms with van der Waals surface area (Å²) in [6, 6.07) is 11.9. The third-order valence-corrected chi connectivity index (χ3v) is 5.66. The smallest absolute Gasteiger partial charge is 0.253 e. The van der Waals surface area contributed by atoms with Gasteiger partial charge >= 0.3 is 0 Å². The summed E-state index contributed by atoms with van der Waals surface area (Å²) in [4.78, 5) is 23.2. The summed E-state index contributed by atoms with van der Waals surface area (Å²) in [6.45, 7) is 3.59. The molecule has 1 N–H and O–H groups in total. The number of likely N-dealkylation sites (N-methyl/N-ethyl adjacent to an activating group) is 1. The van der Waals surface area contributed by atoms with Crippen LogP contribution in [0.15, 0.2) is 61.3 Å². The van der Waals surface area contributed by atoms with E-state index >= 15 is 0 Å². The maximum Gasteiger partial charge on any atom is 0.253 e. The summed E-state index contributed by atoms with van der Waals surface area (Å²) in [5, 5.41) is 2.94. The number of pyridine rings is 1. The lowest BCUT2D eigenvalue weighted by Crippen LogP contribution is -2.38. The second-order valence-corrected chi connectivity index (χ2v) is 7.88. The lowest BCUT2D eigenvalue weighted by atomic mass is 10.1. The van der Waals surface area contributed by atoms with Crippen molar-refractivity contribution in [3.63, 3.8) is 0 Å². The van der Waals surface area contributed by atoms with Gasteiger partial charge in [0, 0.05) is 50.9 Å². The fraction of sp³-hybridized carbons (Fsp3) is 0.375. The lowest BCUT2D eigenvalue weighted by molar-refractivity contribution is 0.0392. The van der Waals surface area contributed by atoms with E-state index < -0.39 is 0 Å². The van der Waals surface area contributed by atoms with Gasteiger partial charge < -0.3 is 14.8 Å². The zero-order valence-electron chi connectivity index (χ0n) is 18.3. The molecule has 1 aliphatic rings. The molecule has 32 heavy (non-hydrogen) atoms. The van der Waals surface area contributed by atoms with E-state index in [1.54, 1.807) is 41.6 Å². The molecule has 2 aromatic heterocycles. The number of benzene rings is 1. The molecule has 0 unspecified atom stereocenters. The topological polar surface area (TPSA) is 81.5 Å². The Morgan fingerprint density at radius 1 is 1.28 bits per heavy atom. The molecule has 1 aliphatic heterocycles. The average molecular weight is 436 g/mol. The molecule has 0 bridgehead atoms. The van der Waals surface area contributed by atoms with Crippen LogP contribution in [0.1, 0.15) is 28.8 Å². The number of ether oxygens (including phenoxy) is 2. The number of hydrogen-bond donors (Lipinski definition) is 1. The van der Waals surface area contributed by atoms with Crippen LogP contribution in [0.5, 0.6) is 5.75 Å². The number of carbonyl (C=O) groups excluding carboxylic acids is 1. The molecule has 0 atom stereocenters. The highest BCUT2D eigenvalue weighted by molar-refractivity contribution is 5.93. The standard InChI is InChI=1S/C24H29N5O3/c1-28(21-7-12-31-13-8-21)11-14-32-22-4-2-3-19(15-22)16-27-24(30)20-5-6-23(26-17-20)29-10-9-25-18-29/h2-6,9-10,15,17-18,21H,7-8,11-14,16H2,1H3,(H,27,30). The van der Waals surface area contributed by atoms with Crippen LogP contribution in [0.4, 0.5) is 0 Å². The Hall–Kier alpha value is -3.23. The van der Waals surface area contributed by atoms with Crippen molar-refractivity contribution in [1.82, 2.24) is 24.8 Å². The molecule has 0 radical (unpaired) electrons. The van der Waals surface area contributed by atoms with Crippen LogP contribution in [0.25, 0.3) is 5.82 Å². The van der Waals surface area contributed by atoms with E-state index in [9.17, 15) is 4.79 Å². The van der Waals surface area contributed by atoms with Crippen molar-refractivity contribution in [3.05, 3.63) is 72.4 Å². The molecule has 0 aliphatic carbocycles. The number of hydrogen-bond acceptors (Lipinski definition) is 6. The van der Waals surface area contributed by atoms with E-state index in [0.717, 1.165) is 43.9 Å². The van der Waals surface area contributed by atoms with Gasteiger partial charge in [-0.1, -0.05) is 12.1 Å². The van der Waals surface area contributed by atoms with Gasteiger partial charge in [-0.2, -0.15) is 0 Å². The fourth-order valence-electron chi connectivity index (χ4n) is 3.71. The van der Waals surface area contributed by atoms with Crippen LogP contribution >= 0.6 is 0 Å². The normalized spacial score (nSPS) is 14.4. The van der Waals surface area contributed by atoms with E-state index in [4.69, 9.17) is 9.47 Å². The van der Waals surface area contributed by atoms with Crippen molar-refractivity contribution in [2.45, 2.75) is 25.4 Å².